The second-order valence-electron chi connectivity index (χ2n) is 3.99. The van der Waals surface area contributed by atoms with Gasteiger partial charge < -0.3 is 10.1 Å². The lowest BCUT2D eigenvalue weighted by molar-refractivity contribution is -0.145. The second kappa shape index (κ2) is 4.60. The Morgan fingerprint density at radius 2 is 2.33 bits per heavy atom. The Labute approximate surface area is 101 Å². The van der Waals surface area contributed by atoms with Gasteiger partial charge in [-0.25, -0.2) is 4.79 Å². The number of methoxy groups -OCH3 is 1. The molecule has 0 spiro atoms. The highest BCUT2D eigenvalue weighted by atomic mass is 19.4. The van der Waals surface area contributed by atoms with Crippen molar-refractivity contribution in [3.63, 3.8) is 0 Å². The van der Waals surface area contributed by atoms with Crippen LogP contribution in [0.15, 0.2) is 6.20 Å². The van der Waals surface area contributed by atoms with Gasteiger partial charge in [-0.1, -0.05) is 0 Å². The van der Waals surface area contributed by atoms with E-state index in [1.165, 1.54) is 0 Å². The SMILES string of the molecule is COC(=O)c1cnn(C2CCNC2)c1C(F)(F)F. The number of nitrogens with zero attached hydrogens (tertiary/aromatic N) is 2. The molecule has 2 rings (SSSR count). The van der Waals surface area contributed by atoms with E-state index in [4.69, 9.17) is 0 Å². The van der Waals surface area contributed by atoms with Gasteiger partial charge in [-0.05, 0) is 13.0 Å². The van der Waals surface area contributed by atoms with Crippen LogP contribution in [0.25, 0.3) is 0 Å². The van der Waals surface area contributed by atoms with Crippen LogP contribution in [0.1, 0.15) is 28.5 Å². The second-order valence-corrected chi connectivity index (χ2v) is 3.99. The van der Waals surface area contributed by atoms with Crippen molar-refractivity contribution in [3.05, 3.63) is 17.5 Å². The van der Waals surface area contributed by atoms with Crippen molar-refractivity contribution in [3.8, 4) is 0 Å². The smallest absolute Gasteiger partial charge is 0.433 e. The molecule has 100 valence electrons. The molecule has 1 atom stereocenters. The van der Waals surface area contributed by atoms with Crippen LogP contribution in [0.4, 0.5) is 13.2 Å². The molecule has 1 aliphatic heterocycles. The fourth-order valence-electron chi connectivity index (χ4n) is 2.03. The van der Waals surface area contributed by atoms with Crippen molar-refractivity contribution in [1.82, 2.24) is 15.1 Å². The van der Waals surface area contributed by atoms with Gasteiger partial charge in [0.1, 0.15) is 5.56 Å². The van der Waals surface area contributed by atoms with Crippen molar-refractivity contribution in [1.29, 1.82) is 0 Å². The summed E-state index contributed by atoms with van der Waals surface area (Å²) >= 11 is 0. The van der Waals surface area contributed by atoms with Crippen LogP contribution in [-0.4, -0.2) is 35.9 Å². The summed E-state index contributed by atoms with van der Waals surface area (Å²) < 4.78 is 44.2. The van der Waals surface area contributed by atoms with Gasteiger partial charge in [-0.15, -0.1) is 0 Å². The maximum atomic E-state index is 13.0. The quantitative estimate of drug-likeness (QED) is 0.815. The number of carbonyl (C=O) groups excluding carboxylic acids is 1. The molecule has 8 heteroatoms. The number of ether oxygens (including phenoxy) is 1. The molecule has 0 aromatic carbocycles. The molecule has 1 aromatic rings. The zero-order chi connectivity index (χ0) is 13.3. The molecule has 0 radical (unpaired) electrons. The van der Waals surface area contributed by atoms with Crippen LogP contribution in [-0.2, 0) is 10.9 Å². The third-order valence-electron chi connectivity index (χ3n) is 2.85. The Balaban J connectivity index is 2.47. The fraction of sp³-hybridized carbons (Fsp3) is 0.600. The van der Waals surface area contributed by atoms with Crippen LogP contribution in [0, 0.1) is 0 Å². The molecule has 1 N–H and O–H groups in total. The Morgan fingerprint density at radius 1 is 1.61 bits per heavy atom. The summed E-state index contributed by atoms with van der Waals surface area (Å²) in [7, 11) is 1.04. The summed E-state index contributed by atoms with van der Waals surface area (Å²) in [4.78, 5) is 11.3. The minimum atomic E-state index is -4.64. The maximum absolute atomic E-state index is 13.0. The minimum Gasteiger partial charge on any atom is -0.465 e. The molecule has 1 unspecified atom stereocenters. The van der Waals surface area contributed by atoms with E-state index in [1.54, 1.807) is 0 Å². The van der Waals surface area contributed by atoms with E-state index in [0.717, 1.165) is 18.0 Å². The summed E-state index contributed by atoms with van der Waals surface area (Å²) in [5, 5.41) is 6.65. The molecular formula is C10H12F3N3O2. The van der Waals surface area contributed by atoms with Gasteiger partial charge in [0.2, 0.25) is 0 Å². The number of nitrogens with one attached hydrogen (secondary N) is 1. The fourth-order valence-corrected chi connectivity index (χ4v) is 2.03. The Hall–Kier alpha value is -1.57. The number of hydrogen-bond acceptors (Lipinski definition) is 4. The number of halogens is 3. The van der Waals surface area contributed by atoms with Crippen LogP contribution < -0.4 is 5.32 Å². The first-order chi connectivity index (χ1) is 8.45. The predicted octanol–water partition coefficient (Wildman–Crippen LogP) is 1.22. The third-order valence-corrected chi connectivity index (χ3v) is 2.85. The van der Waals surface area contributed by atoms with Crippen molar-refractivity contribution < 1.29 is 22.7 Å². The van der Waals surface area contributed by atoms with Crippen molar-refractivity contribution in [2.45, 2.75) is 18.6 Å². The Kier molecular flexibility index (Phi) is 3.29. The number of alkyl halides is 3. The van der Waals surface area contributed by atoms with Gasteiger partial charge in [-0.3, -0.25) is 4.68 Å². The van der Waals surface area contributed by atoms with E-state index in [0.29, 0.717) is 19.5 Å². The molecule has 1 saturated heterocycles. The lowest BCUT2D eigenvalue weighted by atomic mass is 10.2. The number of carbonyl (C=O) groups is 1. The topological polar surface area (TPSA) is 56.1 Å². The molecular weight excluding hydrogens is 251 g/mol. The molecule has 18 heavy (non-hydrogen) atoms. The summed E-state index contributed by atoms with van der Waals surface area (Å²) in [6.45, 7) is 1.04. The number of aromatic nitrogens is 2. The first-order valence-corrected chi connectivity index (χ1v) is 5.39. The van der Waals surface area contributed by atoms with Gasteiger partial charge in [0.25, 0.3) is 0 Å². The molecule has 1 aliphatic rings. The van der Waals surface area contributed by atoms with E-state index in [2.05, 4.69) is 15.2 Å². The Bertz CT molecular complexity index is 450. The van der Waals surface area contributed by atoms with Gasteiger partial charge in [0, 0.05) is 6.54 Å². The zero-order valence-electron chi connectivity index (χ0n) is 9.62. The van der Waals surface area contributed by atoms with E-state index in [1.807, 2.05) is 0 Å². The van der Waals surface area contributed by atoms with Gasteiger partial charge in [-0.2, -0.15) is 18.3 Å². The van der Waals surface area contributed by atoms with E-state index < -0.39 is 23.4 Å². The number of rotatable bonds is 2. The van der Waals surface area contributed by atoms with Crippen LogP contribution in [0.3, 0.4) is 0 Å². The third kappa shape index (κ3) is 2.20. The van der Waals surface area contributed by atoms with Gasteiger partial charge in [0.15, 0.2) is 5.69 Å². The van der Waals surface area contributed by atoms with Gasteiger partial charge >= 0.3 is 12.1 Å². The summed E-state index contributed by atoms with van der Waals surface area (Å²) in [5.41, 5.74) is -1.58. The number of esters is 1. The highest BCUT2D eigenvalue weighted by Crippen LogP contribution is 2.34. The van der Waals surface area contributed by atoms with Crippen LogP contribution >= 0.6 is 0 Å². The molecule has 0 bridgehead atoms. The van der Waals surface area contributed by atoms with Crippen molar-refractivity contribution in [2.24, 2.45) is 0 Å². The van der Waals surface area contributed by atoms with Gasteiger partial charge in [0.05, 0.1) is 19.3 Å². The summed E-state index contributed by atoms with van der Waals surface area (Å²) in [6.07, 6.45) is -3.18. The standard InChI is InChI=1S/C10H12F3N3O2/c1-18-9(17)7-5-15-16(6-2-3-14-4-6)8(7)10(11,12)13/h5-6,14H,2-4H2,1H3. The lowest BCUT2D eigenvalue weighted by Gasteiger charge is -2.16. The van der Waals surface area contributed by atoms with E-state index in [9.17, 15) is 18.0 Å². The zero-order valence-corrected chi connectivity index (χ0v) is 9.62. The number of hydrogen-bond donors (Lipinski definition) is 1. The molecule has 0 aliphatic carbocycles. The largest absolute Gasteiger partial charge is 0.465 e. The molecule has 0 amide bonds. The van der Waals surface area contributed by atoms with E-state index in [-0.39, 0.29) is 6.04 Å². The molecule has 5 nitrogen and oxygen atoms in total. The van der Waals surface area contributed by atoms with E-state index >= 15 is 0 Å². The molecule has 2 heterocycles. The average Bonchev–Trinajstić information content (AvgIpc) is 2.94. The van der Waals surface area contributed by atoms with Crippen molar-refractivity contribution in [2.75, 3.05) is 20.2 Å². The van der Waals surface area contributed by atoms with Crippen LogP contribution in [0.2, 0.25) is 0 Å². The normalized spacial score (nSPS) is 20.1. The monoisotopic (exact) mass is 263 g/mol. The maximum Gasteiger partial charge on any atom is 0.433 e. The predicted molar refractivity (Wildman–Crippen MR) is 55.1 cm³/mol. The Morgan fingerprint density at radius 3 is 2.83 bits per heavy atom. The molecule has 1 aromatic heterocycles. The minimum absolute atomic E-state index is 0.389. The molecule has 0 saturated carbocycles. The lowest BCUT2D eigenvalue weighted by Crippen LogP contribution is -2.23. The van der Waals surface area contributed by atoms with Crippen LogP contribution in [0.5, 0.6) is 0 Å². The highest BCUT2D eigenvalue weighted by Gasteiger charge is 2.42. The first kappa shape index (κ1) is 12.9. The molecule has 1 fully saturated rings. The summed E-state index contributed by atoms with van der Waals surface area (Å²) in [6, 6.07) is -0.389. The first-order valence-electron chi connectivity index (χ1n) is 5.39. The average molecular weight is 263 g/mol. The highest BCUT2D eigenvalue weighted by molar-refractivity contribution is 5.90. The van der Waals surface area contributed by atoms with Crippen molar-refractivity contribution >= 4 is 5.97 Å². The summed E-state index contributed by atoms with van der Waals surface area (Å²) in [5.74, 6) is -1.03.